The highest BCUT2D eigenvalue weighted by molar-refractivity contribution is 5.59. The minimum Gasteiger partial charge on any atom is -0.507 e. The largest absolute Gasteiger partial charge is 0.507 e. The summed E-state index contributed by atoms with van der Waals surface area (Å²) in [5, 5.41) is 19.9. The van der Waals surface area contributed by atoms with Gasteiger partial charge in [-0.2, -0.15) is 0 Å². The van der Waals surface area contributed by atoms with Crippen LogP contribution in [0.1, 0.15) is 58.2 Å². The zero-order valence-corrected chi connectivity index (χ0v) is 13.5. The molecule has 0 bridgehead atoms. The van der Waals surface area contributed by atoms with E-state index in [4.69, 9.17) is 0 Å². The van der Waals surface area contributed by atoms with Gasteiger partial charge in [0.2, 0.25) is 0 Å². The van der Waals surface area contributed by atoms with Crippen molar-refractivity contribution in [3.05, 3.63) is 41.8 Å². The average molecular weight is 275 g/mol. The van der Waals surface area contributed by atoms with Crippen molar-refractivity contribution in [1.82, 2.24) is 0 Å². The number of phenolic OH excluding ortho intramolecular Hbond substituents is 1. The smallest absolute Gasteiger partial charge is 0.123 e. The standard InChI is InChI=1S/C18H27O2/c1-12(19)8-9-13-10-14(17(2,3)4)16(20)15(11-13)18(5,6)7/h8-12,19-20H,1H2,2-7H3. The first-order chi connectivity index (χ1) is 8.93. The molecule has 1 radical (unpaired) electrons. The van der Waals surface area contributed by atoms with Crippen molar-refractivity contribution in [2.24, 2.45) is 0 Å². The lowest BCUT2D eigenvalue weighted by atomic mass is 9.78. The van der Waals surface area contributed by atoms with Crippen LogP contribution >= 0.6 is 0 Å². The highest BCUT2D eigenvalue weighted by atomic mass is 16.3. The van der Waals surface area contributed by atoms with Crippen LogP contribution in [0.4, 0.5) is 0 Å². The summed E-state index contributed by atoms with van der Waals surface area (Å²) >= 11 is 0. The van der Waals surface area contributed by atoms with Crippen molar-refractivity contribution in [3.63, 3.8) is 0 Å². The van der Waals surface area contributed by atoms with Crippen molar-refractivity contribution in [1.29, 1.82) is 0 Å². The van der Waals surface area contributed by atoms with Crippen molar-refractivity contribution < 1.29 is 10.2 Å². The van der Waals surface area contributed by atoms with Gasteiger partial charge in [-0.1, -0.05) is 53.7 Å². The Balaban J connectivity index is 3.50. The van der Waals surface area contributed by atoms with Gasteiger partial charge in [-0.3, -0.25) is 0 Å². The summed E-state index contributed by atoms with van der Waals surface area (Å²) in [6, 6.07) is 3.95. The van der Waals surface area contributed by atoms with Crippen LogP contribution < -0.4 is 0 Å². The van der Waals surface area contributed by atoms with E-state index in [1.54, 1.807) is 6.08 Å². The summed E-state index contributed by atoms with van der Waals surface area (Å²) in [5.41, 5.74) is 2.53. The lowest BCUT2D eigenvalue weighted by molar-refractivity contribution is 0.270. The van der Waals surface area contributed by atoms with Gasteiger partial charge in [0.25, 0.3) is 0 Å². The maximum Gasteiger partial charge on any atom is 0.123 e. The predicted molar refractivity (Wildman–Crippen MR) is 85.9 cm³/mol. The number of benzene rings is 1. The molecule has 0 saturated heterocycles. The van der Waals surface area contributed by atoms with E-state index in [0.29, 0.717) is 5.75 Å². The zero-order chi connectivity index (χ0) is 15.7. The maximum atomic E-state index is 10.6. The van der Waals surface area contributed by atoms with Crippen LogP contribution in [0.15, 0.2) is 18.2 Å². The van der Waals surface area contributed by atoms with Gasteiger partial charge in [0.1, 0.15) is 5.75 Å². The number of phenols is 1. The summed E-state index contributed by atoms with van der Waals surface area (Å²) in [6.07, 6.45) is 2.77. The minimum atomic E-state index is -0.722. The van der Waals surface area contributed by atoms with Gasteiger partial charge in [0, 0.05) is 11.1 Å². The van der Waals surface area contributed by atoms with Crippen LogP contribution in [-0.4, -0.2) is 16.3 Å². The molecule has 1 unspecified atom stereocenters. The number of aliphatic hydroxyl groups excluding tert-OH is 1. The molecule has 1 rings (SSSR count). The second-order valence-corrected chi connectivity index (χ2v) is 7.39. The van der Waals surface area contributed by atoms with Gasteiger partial charge >= 0.3 is 0 Å². The molecule has 0 saturated carbocycles. The third kappa shape index (κ3) is 4.11. The monoisotopic (exact) mass is 275 g/mol. The molecule has 20 heavy (non-hydrogen) atoms. The Kier molecular flexibility index (Phi) is 4.70. The molecule has 0 spiro atoms. The fourth-order valence-corrected chi connectivity index (χ4v) is 2.12. The van der Waals surface area contributed by atoms with E-state index >= 15 is 0 Å². The molecule has 0 aliphatic carbocycles. The summed E-state index contributed by atoms with van der Waals surface area (Å²) in [5.74, 6) is 0.373. The Bertz CT molecular complexity index is 462. The Morgan fingerprint density at radius 2 is 1.40 bits per heavy atom. The van der Waals surface area contributed by atoms with E-state index in [1.165, 1.54) is 0 Å². The number of hydrogen-bond donors (Lipinski definition) is 2. The molecule has 0 heterocycles. The summed E-state index contributed by atoms with van der Waals surface area (Å²) in [7, 11) is 0. The lowest BCUT2D eigenvalue weighted by Crippen LogP contribution is -2.17. The fourth-order valence-electron chi connectivity index (χ4n) is 2.12. The molecular weight excluding hydrogens is 248 g/mol. The quantitative estimate of drug-likeness (QED) is 0.849. The highest BCUT2D eigenvalue weighted by Gasteiger charge is 2.26. The van der Waals surface area contributed by atoms with E-state index in [0.717, 1.165) is 16.7 Å². The average Bonchev–Trinajstić information content (AvgIpc) is 2.24. The van der Waals surface area contributed by atoms with Gasteiger partial charge in [-0.15, -0.1) is 0 Å². The van der Waals surface area contributed by atoms with Crippen LogP contribution in [0, 0.1) is 6.92 Å². The Hall–Kier alpha value is -1.28. The van der Waals surface area contributed by atoms with Crippen molar-refractivity contribution in [3.8, 4) is 5.75 Å². The van der Waals surface area contributed by atoms with Crippen molar-refractivity contribution >= 4 is 6.08 Å². The van der Waals surface area contributed by atoms with Crippen molar-refractivity contribution in [2.45, 2.75) is 58.5 Å². The van der Waals surface area contributed by atoms with Gasteiger partial charge in [0.05, 0.1) is 6.10 Å². The van der Waals surface area contributed by atoms with Gasteiger partial charge < -0.3 is 10.2 Å². The van der Waals surface area contributed by atoms with Crippen LogP contribution in [0.3, 0.4) is 0 Å². The molecule has 1 aromatic rings. The van der Waals surface area contributed by atoms with Crippen LogP contribution in [0.5, 0.6) is 5.75 Å². The fraction of sp³-hybridized carbons (Fsp3) is 0.500. The lowest BCUT2D eigenvalue weighted by Gasteiger charge is -2.27. The van der Waals surface area contributed by atoms with E-state index in [9.17, 15) is 10.2 Å². The van der Waals surface area contributed by atoms with E-state index in [1.807, 2.05) is 18.2 Å². The van der Waals surface area contributed by atoms with Crippen LogP contribution in [0.2, 0.25) is 0 Å². The molecule has 2 nitrogen and oxygen atoms in total. The zero-order valence-electron chi connectivity index (χ0n) is 13.5. The topological polar surface area (TPSA) is 40.5 Å². The van der Waals surface area contributed by atoms with Gasteiger partial charge in [-0.05, 0) is 35.4 Å². The summed E-state index contributed by atoms with van der Waals surface area (Å²) in [6.45, 7) is 16.0. The number of aliphatic hydroxyl groups is 1. The maximum absolute atomic E-state index is 10.6. The number of rotatable bonds is 2. The SMILES string of the molecule is [CH2]C(O)C=Cc1cc(C(C)(C)C)c(O)c(C(C)(C)C)c1. The van der Waals surface area contributed by atoms with Gasteiger partial charge in [-0.25, -0.2) is 0 Å². The molecule has 2 heteroatoms. The molecule has 0 fully saturated rings. The summed E-state index contributed by atoms with van der Waals surface area (Å²) in [4.78, 5) is 0. The molecule has 0 amide bonds. The molecule has 1 atom stereocenters. The third-order valence-corrected chi connectivity index (χ3v) is 3.26. The molecule has 0 aliphatic rings. The predicted octanol–water partition coefficient (Wildman–Crippen LogP) is 4.20. The first-order valence-corrected chi connectivity index (χ1v) is 7.00. The minimum absolute atomic E-state index is 0.142. The number of aromatic hydroxyl groups is 1. The second-order valence-electron chi connectivity index (χ2n) is 7.39. The van der Waals surface area contributed by atoms with Crippen molar-refractivity contribution in [2.75, 3.05) is 0 Å². The Morgan fingerprint density at radius 1 is 1.00 bits per heavy atom. The van der Waals surface area contributed by atoms with E-state index in [2.05, 4.69) is 48.5 Å². The second kappa shape index (κ2) is 5.61. The molecule has 2 N–H and O–H groups in total. The van der Waals surface area contributed by atoms with E-state index < -0.39 is 6.10 Å². The Morgan fingerprint density at radius 3 is 1.70 bits per heavy atom. The third-order valence-electron chi connectivity index (χ3n) is 3.26. The first kappa shape index (κ1) is 16.8. The molecule has 0 aromatic heterocycles. The molecular formula is C18H27O2. The molecule has 0 aliphatic heterocycles. The first-order valence-electron chi connectivity index (χ1n) is 7.00. The molecule has 1 aromatic carbocycles. The molecule has 111 valence electrons. The van der Waals surface area contributed by atoms with E-state index in [-0.39, 0.29) is 10.8 Å². The van der Waals surface area contributed by atoms with Crippen LogP contribution in [-0.2, 0) is 10.8 Å². The van der Waals surface area contributed by atoms with Gasteiger partial charge in [0.15, 0.2) is 0 Å². The number of hydrogen-bond acceptors (Lipinski definition) is 2. The Labute approximate surface area is 123 Å². The highest BCUT2D eigenvalue weighted by Crippen LogP contribution is 2.39. The summed E-state index contributed by atoms with van der Waals surface area (Å²) < 4.78 is 0. The normalized spacial score (nSPS) is 14.8. The van der Waals surface area contributed by atoms with Crippen LogP contribution in [0.25, 0.3) is 6.08 Å².